The first-order valence-corrected chi connectivity index (χ1v) is 6.17. The third-order valence-electron chi connectivity index (χ3n) is 2.52. The number of nitrogens with one attached hydrogen (secondary N) is 1. The summed E-state index contributed by atoms with van der Waals surface area (Å²) in [4.78, 5) is 13.6. The zero-order valence-electron chi connectivity index (χ0n) is 11.5. The Kier molecular flexibility index (Phi) is 4.73. The number of benzene rings is 1. The highest BCUT2D eigenvalue weighted by Gasteiger charge is 2.21. The molecule has 4 nitrogen and oxygen atoms in total. The number of hydrogen-bond acceptors (Lipinski definition) is 2. The number of urea groups is 1. The van der Waals surface area contributed by atoms with Gasteiger partial charge in [-0.3, -0.25) is 0 Å². The van der Waals surface area contributed by atoms with Gasteiger partial charge in [0.25, 0.3) is 0 Å². The normalized spacial score (nSPS) is 11.2. The van der Waals surface area contributed by atoms with Crippen molar-refractivity contribution in [3.8, 4) is 0 Å². The molecule has 0 heterocycles. The van der Waals surface area contributed by atoms with Crippen LogP contribution in [0.3, 0.4) is 0 Å². The van der Waals surface area contributed by atoms with Gasteiger partial charge in [0, 0.05) is 12.2 Å². The van der Waals surface area contributed by atoms with Gasteiger partial charge in [-0.25, -0.2) is 4.79 Å². The maximum absolute atomic E-state index is 12.0. The number of hydrogen-bond donors (Lipinski definition) is 2. The van der Waals surface area contributed by atoms with Gasteiger partial charge >= 0.3 is 6.03 Å². The number of nitrogens with zero attached hydrogens (tertiary/aromatic N) is 1. The molecule has 100 valence electrons. The summed E-state index contributed by atoms with van der Waals surface area (Å²) in [5.74, 6) is 0. The molecular formula is C14H22N2O2. The predicted octanol–water partition coefficient (Wildman–Crippen LogP) is 2.62. The third-order valence-corrected chi connectivity index (χ3v) is 2.52. The van der Waals surface area contributed by atoms with Gasteiger partial charge in [0.15, 0.2) is 0 Å². The summed E-state index contributed by atoms with van der Waals surface area (Å²) < 4.78 is 0. The molecule has 2 N–H and O–H groups in total. The Bertz CT molecular complexity index is 411. The molecule has 1 aromatic carbocycles. The fraction of sp³-hybridized carbons (Fsp3) is 0.500. The van der Waals surface area contributed by atoms with Gasteiger partial charge < -0.3 is 15.3 Å². The molecule has 0 aliphatic carbocycles. The number of rotatable bonds is 4. The second kappa shape index (κ2) is 5.87. The lowest BCUT2D eigenvalue weighted by molar-refractivity contribution is 0.0501. The van der Waals surface area contributed by atoms with Crippen molar-refractivity contribution in [1.82, 2.24) is 4.90 Å². The Morgan fingerprint density at radius 2 is 2.11 bits per heavy atom. The molecule has 1 rings (SSSR count). The van der Waals surface area contributed by atoms with Crippen LogP contribution in [0.15, 0.2) is 24.3 Å². The first kappa shape index (κ1) is 14.5. The van der Waals surface area contributed by atoms with E-state index in [-0.39, 0.29) is 6.03 Å². The second-order valence-electron chi connectivity index (χ2n) is 5.13. The first-order chi connectivity index (χ1) is 8.31. The first-order valence-electron chi connectivity index (χ1n) is 6.17. The topological polar surface area (TPSA) is 52.6 Å². The largest absolute Gasteiger partial charge is 0.389 e. The molecule has 0 fully saturated rings. The maximum Gasteiger partial charge on any atom is 0.321 e. The van der Waals surface area contributed by atoms with Crippen molar-refractivity contribution in [2.45, 2.75) is 33.3 Å². The summed E-state index contributed by atoms with van der Waals surface area (Å²) >= 11 is 0. The van der Waals surface area contributed by atoms with E-state index in [1.54, 1.807) is 18.7 Å². The van der Waals surface area contributed by atoms with Crippen LogP contribution in [0.5, 0.6) is 0 Å². The van der Waals surface area contributed by atoms with Gasteiger partial charge in [0.2, 0.25) is 0 Å². The third kappa shape index (κ3) is 4.75. The van der Waals surface area contributed by atoms with E-state index in [9.17, 15) is 9.90 Å². The van der Waals surface area contributed by atoms with Crippen LogP contribution < -0.4 is 5.32 Å². The fourth-order valence-electron chi connectivity index (χ4n) is 1.72. The Balaban J connectivity index is 2.68. The van der Waals surface area contributed by atoms with Crippen LogP contribution in [0.4, 0.5) is 10.5 Å². The van der Waals surface area contributed by atoms with Crippen LogP contribution in [0.1, 0.15) is 26.3 Å². The number of carbonyl (C=O) groups excluding carboxylic acids is 1. The van der Waals surface area contributed by atoms with Gasteiger partial charge in [0.1, 0.15) is 0 Å². The second-order valence-corrected chi connectivity index (χ2v) is 5.13. The quantitative estimate of drug-likeness (QED) is 0.863. The molecule has 1 aromatic rings. The molecule has 0 radical (unpaired) electrons. The van der Waals surface area contributed by atoms with Gasteiger partial charge in [-0.05, 0) is 45.4 Å². The van der Waals surface area contributed by atoms with Gasteiger partial charge in [0.05, 0.1) is 12.1 Å². The van der Waals surface area contributed by atoms with E-state index in [0.717, 1.165) is 11.3 Å². The lowest BCUT2D eigenvalue weighted by Crippen LogP contribution is -2.44. The zero-order chi connectivity index (χ0) is 13.8. The molecule has 0 saturated carbocycles. The average molecular weight is 250 g/mol. The van der Waals surface area contributed by atoms with Crippen molar-refractivity contribution in [1.29, 1.82) is 0 Å². The highest BCUT2D eigenvalue weighted by Crippen LogP contribution is 2.12. The van der Waals surface area contributed by atoms with E-state index < -0.39 is 5.60 Å². The van der Waals surface area contributed by atoms with E-state index >= 15 is 0 Å². The monoisotopic (exact) mass is 250 g/mol. The number of aliphatic hydroxyl groups is 1. The number of amides is 2. The standard InChI is InChI=1S/C14H22N2O2/c1-5-16(10-14(3,4)18)13(17)15-12-8-6-7-11(2)9-12/h6-9,18H,5,10H2,1-4H3,(H,15,17). The summed E-state index contributed by atoms with van der Waals surface area (Å²) in [6, 6.07) is 7.45. The van der Waals surface area contributed by atoms with Crippen LogP contribution in [-0.2, 0) is 0 Å². The fourth-order valence-corrected chi connectivity index (χ4v) is 1.72. The van der Waals surface area contributed by atoms with E-state index in [2.05, 4.69) is 5.32 Å². The Hall–Kier alpha value is -1.55. The molecule has 0 bridgehead atoms. The van der Waals surface area contributed by atoms with Crippen LogP contribution in [-0.4, -0.2) is 34.7 Å². The lowest BCUT2D eigenvalue weighted by Gasteiger charge is -2.28. The van der Waals surface area contributed by atoms with Crippen molar-refractivity contribution in [3.05, 3.63) is 29.8 Å². The van der Waals surface area contributed by atoms with Crippen molar-refractivity contribution >= 4 is 11.7 Å². The molecule has 0 aromatic heterocycles. The molecule has 2 amide bonds. The van der Waals surface area contributed by atoms with E-state index in [4.69, 9.17) is 0 Å². The summed E-state index contributed by atoms with van der Waals surface area (Å²) in [5.41, 5.74) is 0.979. The van der Waals surface area contributed by atoms with Crippen LogP contribution >= 0.6 is 0 Å². The Labute approximate surface area is 109 Å². The van der Waals surface area contributed by atoms with Crippen molar-refractivity contribution in [2.24, 2.45) is 0 Å². The van der Waals surface area contributed by atoms with E-state index in [1.165, 1.54) is 0 Å². The van der Waals surface area contributed by atoms with Crippen LogP contribution in [0.2, 0.25) is 0 Å². The molecule has 0 saturated heterocycles. The summed E-state index contributed by atoms with van der Waals surface area (Å²) in [7, 11) is 0. The van der Waals surface area contributed by atoms with Gasteiger partial charge in [-0.15, -0.1) is 0 Å². The number of anilines is 1. The summed E-state index contributed by atoms with van der Waals surface area (Å²) in [6.07, 6.45) is 0. The Morgan fingerprint density at radius 3 is 2.61 bits per heavy atom. The SMILES string of the molecule is CCN(CC(C)(C)O)C(=O)Nc1cccc(C)c1. The average Bonchev–Trinajstić information content (AvgIpc) is 2.24. The van der Waals surface area contributed by atoms with Crippen molar-refractivity contribution in [3.63, 3.8) is 0 Å². The van der Waals surface area contributed by atoms with Gasteiger partial charge in [-0.1, -0.05) is 12.1 Å². The number of carbonyl (C=O) groups is 1. The molecule has 4 heteroatoms. The zero-order valence-corrected chi connectivity index (χ0v) is 11.5. The molecule has 0 spiro atoms. The lowest BCUT2D eigenvalue weighted by atomic mass is 10.1. The molecule has 0 aliphatic rings. The minimum Gasteiger partial charge on any atom is -0.389 e. The highest BCUT2D eigenvalue weighted by atomic mass is 16.3. The van der Waals surface area contributed by atoms with Crippen molar-refractivity contribution < 1.29 is 9.90 Å². The van der Waals surface area contributed by atoms with E-state index in [1.807, 2.05) is 38.1 Å². The predicted molar refractivity (Wildman–Crippen MR) is 73.7 cm³/mol. The summed E-state index contributed by atoms with van der Waals surface area (Å²) in [6.45, 7) is 8.11. The van der Waals surface area contributed by atoms with Crippen molar-refractivity contribution in [2.75, 3.05) is 18.4 Å². The molecular weight excluding hydrogens is 228 g/mol. The van der Waals surface area contributed by atoms with Crippen LogP contribution in [0, 0.1) is 6.92 Å². The minimum atomic E-state index is -0.889. The smallest absolute Gasteiger partial charge is 0.321 e. The Morgan fingerprint density at radius 1 is 1.44 bits per heavy atom. The minimum absolute atomic E-state index is 0.190. The highest BCUT2D eigenvalue weighted by molar-refractivity contribution is 5.89. The number of aryl methyl sites for hydroxylation is 1. The number of likely N-dealkylation sites (N-methyl/N-ethyl adjacent to an activating group) is 1. The van der Waals surface area contributed by atoms with Crippen LogP contribution in [0.25, 0.3) is 0 Å². The van der Waals surface area contributed by atoms with Gasteiger partial charge in [-0.2, -0.15) is 0 Å². The molecule has 18 heavy (non-hydrogen) atoms. The molecule has 0 atom stereocenters. The summed E-state index contributed by atoms with van der Waals surface area (Å²) in [5, 5.41) is 12.6. The van der Waals surface area contributed by atoms with E-state index in [0.29, 0.717) is 13.1 Å². The maximum atomic E-state index is 12.0. The molecule has 0 unspecified atom stereocenters. The molecule has 0 aliphatic heterocycles.